The van der Waals surface area contributed by atoms with Crippen LogP contribution in [-0.2, 0) is 6.54 Å². The number of rotatable bonds is 3. The van der Waals surface area contributed by atoms with Crippen molar-refractivity contribution < 1.29 is 9.50 Å². The first-order chi connectivity index (χ1) is 8.17. The molecule has 0 amide bonds. The molecule has 0 unspecified atom stereocenters. The molecule has 94 valence electrons. The molecule has 1 aliphatic rings. The number of hydrogen-bond donors (Lipinski definition) is 1. The molecule has 1 N–H and O–H groups in total. The van der Waals surface area contributed by atoms with Gasteiger partial charge in [-0.1, -0.05) is 15.9 Å². The van der Waals surface area contributed by atoms with Crippen molar-refractivity contribution in [1.29, 1.82) is 0 Å². The minimum atomic E-state index is -0.195. The molecule has 2 nitrogen and oxygen atoms in total. The summed E-state index contributed by atoms with van der Waals surface area (Å²) in [6.45, 7) is 3.05. The van der Waals surface area contributed by atoms with Gasteiger partial charge in [-0.2, -0.15) is 0 Å². The summed E-state index contributed by atoms with van der Waals surface area (Å²) < 4.78 is 14.0. The van der Waals surface area contributed by atoms with E-state index in [0.29, 0.717) is 12.5 Å². The Morgan fingerprint density at radius 2 is 2.00 bits per heavy atom. The van der Waals surface area contributed by atoms with Gasteiger partial charge in [0.1, 0.15) is 5.82 Å². The van der Waals surface area contributed by atoms with E-state index >= 15 is 0 Å². The fourth-order valence-electron chi connectivity index (χ4n) is 2.29. The number of nitrogens with zero attached hydrogens (tertiary/aromatic N) is 1. The predicted octanol–water partition coefficient (Wildman–Crippen LogP) is 2.79. The number of aliphatic hydroxyl groups is 1. The van der Waals surface area contributed by atoms with E-state index in [1.165, 1.54) is 6.07 Å². The Morgan fingerprint density at radius 3 is 2.59 bits per heavy atom. The summed E-state index contributed by atoms with van der Waals surface area (Å²) >= 11 is 3.31. The van der Waals surface area contributed by atoms with Crippen LogP contribution < -0.4 is 0 Å². The molecule has 0 saturated carbocycles. The van der Waals surface area contributed by atoms with E-state index in [1.54, 1.807) is 6.07 Å². The standard InChI is InChI=1S/C13H17BrFNO/c14-12-5-11(6-13(15)7-12)8-16-3-1-10(9-17)2-4-16/h5-7,10,17H,1-4,8-9H2. The van der Waals surface area contributed by atoms with Gasteiger partial charge in [-0.3, -0.25) is 4.90 Å². The third-order valence-corrected chi connectivity index (χ3v) is 3.75. The molecule has 0 aromatic heterocycles. The van der Waals surface area contributed by atoms with E-state index in [0.717, 1.165) is 42.5 Å². The van der Waals surface area contributed by atoms with E-state index in [4.69, 9.17) is 5.11 Å². The molecule has 0 bridgehead atoms. The summed E-state index contributed by atoms with van der Waals surface area (Å²) in [4.78, 5) is 2.31. The summed E-state index contributed by atoms with van der Waals surface area (Å²) in [5.41, 5.74) is 0.999. The highest BCUT2D eigenvalue weighted by Crippen LogP contribution is 2.20. The number of hydrogen-bond acceptors (Lipinski definition) is 2. The molecular weight excluding hydrogens is 285 g/mol. The van der Waals surface area contributed by atoms with Crippen LogP contribution in [0, 0.1) is 11.7 Å². The van der Waals surface area contributed by atoms with E-state index in [1.807, 2.05) is 6.07 Å². The van der Waals surface area contributed by atoms with Crippen molar-refractivity contribution in [3.05, 3.63) is 34.1 Å². The zero-order valence-electron chi connectivity index (χ0n) is 9.70. The van der Waals surface area contributed by atoms with Gasteiger partial charge in [-0.15, -0.1) is 0 Å². The summed E-state index contributed by atoms with van der Waals surface area (Å²) in [7, 11) is 0. The lowest BCUT2D eigenvalue weighted by molar-refractivity contribution is 0.127. The average Bonchev–Trinajstić information content (AvgIpc) is 2.28. The van der Waals surface area contributed by atoms with Crippen LogP contribution in [0.3, 0.4) is 0 Å². The van der Waals surface area contributed by atoms with E-state index in [2.05, 4.69) is 20.8 Å². The topological polar surface area (TPSA) is 23.5 Å². The Bertz CT molecular complexity index is 357. The molecule has 1 saturated heterocycles. The first-order valence-corrected chi connectivity index (χ1v) is 6.75. The summed E-state index contributed by atoms with van der Waals surface area (Å²) in [5, 5.41) is 9.07. The molecule has 1 aliphatic heterocycles. The normalized spacial score (nSPS) is 18.5. The highest BCUT2D eigenvalue weighted by molar-refractivity contribution is 9.10. The third kappa shape index (κ3) is 3.76. The van der Waals surface area contributed by atoms with Gasteiger partial charge in [-0.05, 0) is 55.6 Å². The fourth-order valence-corrected chi connectivity index (χ4v) is 2.80. The van der Waals surface area contributed by atoms with E-state index in [9.17, 15) is 4.39 Å². The molecule has 0 aliphatic carbocycles. The monoisotopic (exact) mass is 301 g/mol. The van der Waals surface area contributed by atoms with Crippen LogP contribution in [0.2, 0.25) is 0 Å². The van der Waals surface area contributed by atoms with Crippen LogP contribution in [0.4, 0.5) is 4.39 Å². The lowest BCUT2D eigenvalue weighted by atomic mass is 9.97. The van der Waals surface area contributed by atoms with Crippen molar-refractivity contribution in [3.63, 3.8) is 0 Å². The summed E-state index contributed by atoms with van der Waals surface area (Å²) in [6.07, 6.45) is 2.07. The minimum Gasteiger partial charge on any atom is -0.396 e. The van der Waals surface area contributed by atoms with Gasteiger partial charge in [0.05, 0.1) is 0 Å². The summed E-state index contributed by atoms with van der Waals surface area (Å²) in [6, 6.07) is 5.02. The van der Waals surface area contributed by atoms with Crippen LogP contribution in [-0.4, -0.2) is 29.7 Å². The van der Waals surface area contributed by atoms with Gasteiger partial charge in [0.15, 0.2) is 0 Å². The zero-order chi connectivity index (χ0) is 12.3. The highest BCUT2D eigenvalue weighted by atomic mass is 79.9. The van der Waals surface area contributed by atoms with Gasteiger partial charge in [0, 0.05) is 17.6 Å². The molecular formula is C13H17BrFNO. The van der Waals surface area contributed by atoms with Crippen molar-refractivity contribution in [2.24, 2.45) is 5.92 Å². The molecule has 17 heavy (non-hydrogen) atoms. The van der Waals surface area contributed by atoms with Crippen LogP contribution in [0.5, 0.6) is 0 Å². The number of likely N-dealkylation sites (tertiary alicyclic amines) is 1. The molecule has 1 aromatic rings. The zero-order valence-corrected chi connectivity index (χ0v) is 11.3. The van der Waals surface area contributed by atoms with Crippen molar-refractivity contribution in [3.8, 4) is 0 Å². The van der Waals surface area contributed by atoms with Gasteiger partial charge in [0.2, 0.25) is 0 Å². The van der Waals surface area contributed by atoms with E-state index in [-0.39, 0.29) is 5.82 Å². The average molecular weight is 302 g/mol. The molecule has 4 heteroatoms. The van der Waals surface area contributed by atoms with Crippen molar-refractivity contribution in [1.82, 2.24) is 4.90 Å². The minimum absolute atomic E-state index is 0.195. The Labute approximate surface area is 110 Å². The van der Waals surface area contributed by atoms with Gasteiger partial charge < -0.3 is 5.11 Å². The molecule has 2 rings (SSSR count). The van der Waals surface area contributed by atoms with Crippen molar-refractivity contribution in [2.75, 3.05) is 19.7 Å². The number of halogens is 2. The second kappa shape index (κ2) is 5.94. The van der Waals surface area contributed by atoms with Crippen LogP contribution in [0.25, 0.3) is 0 Å². The molecule has 1 fully saturated rings. The molecule has 1 aromatic carbocycles. The number of benzene rings is 1. The summed E-state index contributed by atoms with van der Waals surface area (Å²) in [5.74, 6) is 0.255. The fraction of sp³-hybridized carbons (Fsp3) is 0.538. The number of aliphatic hydroxyl groups excluding tert-OH is 1. The molecule has 0 atom stereocenters. The molecule has 1 heterocycles. The van der Waals surface area contributed by atoms with Crippen LogP contribution >= 0.6 is 15.9 Å². The Balaban J connectivity index is 1.93. The highest BCUT2D eigenvalue weighted by Gasteiger charge is 2.18. The van der Waals surface area contributed by atoms with Crippen molar-refractivity contribution >= 4 is 15.9 Å². The Kier molecular flexibility index (Phi) is 4.54. The molecule has 0 spiro atoms. The first-order valence-electron chi connectivity index (χ1n) is 5.95. The third-order valence-electron chi connectivity index (χ3n) is 3.29. The SMILES string of the molecule is OCC1CCN(Cc2cc(F)cc(Br)c2)CC1. The van der Waals surface area contributed by atoms with Crippen LogP contribution in [0.15, 0.2) is 22.7 Å². The second-order valence-electron chi connectivity index (χ2n) is 4.68. The van der Waals surface area contributed by atoms with Crippen molar-refractivity contribution in [2.45, 2.75) is 19.4 Å². The maximum Gasteiger partial charge on any atom is 0.124 e. The lowest BCUT2D eigenvalue weighted by Gasteiger charge is -2.31. The Hall–Kier alpha value is -0.450. The Morgan fingerprint density at radius 1 is 1.29 bits per heavy atom. The quantitative estimate of drug-likeness (QED) is 0.928. The first kappa shape index (κ1) is 13.0. The predicted molar refractivity (Wildman–Crippen MR) is 69.2 cm³/mol. The van der Waals surface area contributed by atoms with Crippen LogP contribution in [0.1, 0.15) is 18.4 Å². The van der Waals surface area contributed by atoms with Gasteiger partial charge in [0.25, 0.3) is 0 Å². The van der Waals surface area contributed by atoms with E-state index < -0.39 is 0 Å². The maximum absolute atomic E-state index is 13.2. The maximum atomic E-state index is 13.2. The van der Waals surface area contributed by atoms with Gasteiger partial charge >= 0.3 is 0 Å². The largest absolute Gasteiger partial charge is 0.396 e. The second-order valence-corrected chi connectivity index (χ2v) is 5.60. The lowest BCUT2D eigenvalue weighted by Crippen LogP contribution is -2.34. The number of piperidine rings is 1. The smallest absolute Gasteiger partial charge is 0.124 e. The molecule has 0 radical (unpaired) electrons. The van der Waals surface area contributed by atoms with Gasteiger partial charge in [-0.25, -0.2) is 4.39 Å².